The van der Waals surface area contributed by atoms with Crippen molar-refractivity contribution in [2.45, 2.75) is 26.5 Å². The molecule has 0 saturated carbocycles. The van der Waals surface area contributed by atoms with Gasteiger partial charge in [0.05, 0.1) is 6.61 Å². The van der Waals surface area contributed by atoms with Gasteiger partial charge < -0.3 is 20.1 Å². The van der Waals surface area contributed by atoms with E-state index in [4.69, 9.17) is 9.47 Å². The third-order valence-electron chi connectivity index (χ3n) is 3.53. The standard InChI is InChI=1S/C20H24N2O4/c1-2-25-20(24)21-12-11-19(23)22-14-17-9-6-10-18(13-17)26-15-16-7-4-3-5-8-16/h3-10,13H,2,11-12,14-15H2,1H3,(H,21,24)(H,22,23). The molecule has 0 aliphatic carbocycles. The number of carbonyl (C=O) groups is 2. The zero-order valence-corrected chi connectivity index (χ0v) is 14.9. The van der Waals surface area contributed by atoms with Crippen LogP contribution < -0.4 is 15.4 Å². The molecule has 0 bridgehead atoms. The zero-order valence-electron chi connectivity index (χ0n) is 14.9. The van der Waals surface area contributed by atoms with Gasteiger partial charge >= 0.3 is 6.09 Å². The van der Waals surface area contributed by atoms with Crippen molar-refractivity contribution in [1.82, 2.24) is 10.6 Å². The summed E-state index contributed by atoms with van der Waals surface area (Å²) in [5.41, 5.74) is 2.04. The minimum atomic E-state index is -0.511. The van der Waals surface area contributed by atoms with Gasteiger partial charge in [-0.05, 0) is 30.2 Å². The lowest BCUT2D eigenvalue weighted by molar-refractivity contribution is -0.121. The van der Waals surface area contributed by atoms with Crippen LogP contribution in [0, 0.1) is 0 Å². The average molecular weight is 356 g/mol. The fraction of sp³-hybridized carbons (Fsp3) is 0.300. The van der Waals surface area contributed by atoms with Crippen LogP contribution in [0.5, 0.6) is 5.75 Å². The van der Waals surface area contributed by atoms with E-state index in [0.717, 1.165) is 16.9 Å². The number of hydrogen-bond donors (Lipinski definition) is 2. The molecule has 138 valence electrons. The van der Waals surface area contributed by atoms with Crippen molar-refractivity contribution in [3.8, 4) is 5.75 Å². The molecule has 2 amide bonds. The van der Waals surface area contributed by atoms with Gasteiger partial charge in [-0.25, -0.2) is 4.79 Å². The maximum atomic E-state index is 11.8. The molecular weight excluding hydrogens is 332 g/mol. The Balaban J connectivity index is 1.72. The van der Waals surface area contributed by atoms with Gasteiger partial charge in [0.15, 0.2) is 0 Å². The van der Waals surface area contributed by atoms with Gasteiger partial charge in [-0.15, -0.1) is 0 Å². The molecule has 0 atom stereocenters. The van der Waals surface area contributed by atoms with Crippen LogP contribution in [0.15, 0.2) is 54.6 Å². The van der Waals surface area contributed by atoms with E-state index < -0.39 is 6.09 Å². The summed E-state index contributed by atoms with van der Waals surface area (Å²) in [6.45, 7) is 3.17. The molecule has 0 aromatic heterocycles. The summed E-state index contributed by atoms with van der Waals surface area (Å²) in [4.78, 5) is 22.9. The highest BCUT2D eigenvalue weighted by atomic mass is 16.5. The van der Waals surface area contributed by atoms with Crippen molar-refractivity contribution in [3.05, 3.63) is 65.7 Å². The summed E-state index contributed by atoms with van der Waals surface area (Å²) in [5, 5.41) is 5.33. The van der Waals surface area contributed by atoms with Crippen LogP contribution in [0.1, 0.15) is 24.5 Å². The predicted octanol–water partition coefficient (Wildman–Crippen LogP) is 3.02. The summed E-state index contributed by atoms with van der Waals surface area (Å²) in [7, 11) is 0. The molecular formula is C20H24N2O4. The van der Waals surface area contributed by atoms with E-state index in [1.165, 1.54) is 0 Å². The van der Waals surface area contributed by atoms with E-state index in [1.807, 2.05) is 54.6 Å². The summed E-state index contributed by atoms with van der Waals surface area (Å²) in [6, 6.07) is 17.5. The molecule has 2 rings (SSSR count). The molecule has 0 saturated heterocycles. The highest BCUT2D eigenvalue weighted by molar-refractivity contribution is 5.77. The van der Waals surface area contributed by atoms with Gasteiger partial charge in [-0.3, -0.25) is 4.79 Å². The second-order valence-corrected chi connectivity index (χ2v) is 5.60. The Kier molecular flexibility index (Phi) is 7.99. The Hall–Kier alpha value is -3.02. The van der Waals surface area contributed by atoms with Crippen molar-refractivity contribution in [1.29, 1.82) is 0 Å². The van der Waals surface area contributed by atoms with E-state index >= 15 is 0 Å². The molecule has 0 fully saturated rings. The van der Waals surface area contributed by atoms with E-state index in [9.17, 15) is 9.59 Å². The molecule has 0 radical (unpaired) electrons. The normalized spacial score (nSPS) is 10.0. The highest BCUT2D eigenvalue weighted by Crippen LogP contribution is 2.15. The first-order valence-electron chi connectivity index (χ1n) is 8.60. The SMILES string of the molecule is CCOC(=O)NCCC(=O)NCc1cccc(OCc2ccccc2)c1. The van der Waals surface area contributed by atoms with Gasteiger partial charge in [0.2, 0.25) is 5.91 Å². The number of carbonyl (C=O) groups excluding carboxylic acids is 2. The number of benzene rings is 2. The number of ether oxygens (including phenoxy) is 2. The minimum Gasteiger partial charge on any atom is -0.489 e. The molecule has 2 aromatic rings. The van der Waals surface area contributed by atoms with E-state index in [-0.39, 0.29) is 18.9 Å². The monoisotopic (exact) mass is 356 g/mol. The van der Waals surface area contributed by atoms with E-state index in [0.29, 0.717) is 19.8 Å². The molecule has 2 N–H and O–H groups in total. The molecule has 0 heterocycles. The van der Waals surface area contributed by atoms with E-state index in [1.54, 1.807) is 6.92 Å². The molecule has 0 aliphatic heterocycles. The van der Waals surface area contributed by atoms with Gasteiger partial charge in [0.25, 0.3) is 0 Å². The first kappa shape index (κ1) is 19.3. The van der Waals surface area contributed by atoms with Crippen LogP contribution in [-0.2, 0) is 22.7 Å². The van der Waals surface area contributed by atoms with Crippen molar-refractivity contribution in [2.24, 2.45) is 0 Å². The van der Waals surface area contributed by atoms with Crippen LogP contribution in [0.3, 0.4) is 0 Å². The van der Waals surface area contributed by atoms with Gasteiger partial charge in [-0.2, -0.15) is 0 Å². The lowest BCUT2D eigenvalue weighted by Crippen LogP contribution is -2.30. The molecule has 0 aliphatic rings. The largest absolute Gasteiger partial charge is 0.489 e. The summed E-state index contributed by atoms with van der Waals surface area (Å²) in [5.74, 6) is 0.613. The van der Waals surface area contributed by atoms with Crippen LogP contribution >= 0.6 is 0 Å². The van der Waals surface area contributed by atoms with E-state index in [2.05, 4.69) is 10.6 Å². The summed E-state index contributed by atoms with van der Waals surface area (Å²) >= 11 is 0. The molecule has 0 unspecified atom stereocenters. The molecule has 0 spiro atoms. The lowest BCUT2D eigenvalue weighted by atomic mass is 10.2. The van der Waals surface area contributed by atoms with Crippen molar-refractivity contribution in [2.75, 3.05) is 13.2 Å². The van der Waals surface area contributed by atoms with Crippen molar-refractivity contribution < 1.29 is 19.1 Å². The smallest absolute Gasteiger partial charge is 0.407 e. The highest BCUT2D eigenvalue weighted by Gasteiger charge is 2.05. The van der Waals surface area contributed by atoms with Crippen LogP contribution in [0.25, 0.3) is 0 Å². The summed E-state index contributed by atoms with van der Waals surface area (Å²) < 4.78 is 10.5. The fourth-order valence-electron chi connectivity index (χ4n) is 2.24. The Morgan fingerprint density at radius 1 is 0.962 bits per heavy atom. The fourth-order valence-corrected chi connectivity index (χ4v) is 2.24. The maximum absolute atomic E-state index is 11.8. The van der Waals surface area contributed by atoms with Crippen LogP contribution in [0.4, 0.5) is 4.79 Å². The van der Waals surface area contributed by atoms with Crippen LogP contribution in [-0.4, -0.2) is 25.2 Å². The Morgan fingerprint density at radius 3 is 2.50 bits per heavy atom. The second-order valence-electron chi connectivity index (χ2n) is 5.60. The van der Waals surface area contributed by atoms with Crippen molar-refractivity contribution in [3.63, 3.8) is 0 Å². The predicted molar refractivity (Wildman–Crippen MR) is 98.7 cm³/mol. The third kappa shape index (κ3) is 7.25. The Morgan fingerprint density at radius 2 is 1.73 bits per heavy atom. The Labute approximate surface area is 153 Å². The number of rotatable bonds is 9. The number of nitrogens with one attached hydrogen (secondary N) is 2. The van der Waals surface area contributed by atoms with Gasteiger partial charge in [0, 0.05) is 19.5 Å². The number of amides is 2. The van der Waals surface area contributed by atoms with Gasteiger partial charge in [0.1, 0.15) is 12.4 Å². The third-order valence-corrected chi connectivity index (χ3v) is 3.53. The first-order valence-corrected chi connectivity index (χ1v) is 8.60. The lowest BCUT2D eigenvalue weighted by Gasteiger charge is -2.09. The topological polar surface area (TPSA) is 76.7 Å². The quantitative estimate of drug-likeness (QED) is 0.724. The number of hydrogen-bond acceptors (Lipinski definition) is 4. The van der Waals surface area contributed by atoms with Crippen LogP contribution in [0.2, 0.25) is 0 Å². The number of alkyl carbamates (subject to hydrolysis) is 1. The second kappa shape index (κ2) is 10.8. The zero-order chi connectivity index (χ0) is 18.6. The average Bonchev–Trinajstić information content (AvgIpc) is 2.66. The molecule has 2 aromatic carbocycles. The molecule has 6 heteroatoms. The molecule has 6 nitrogen and oxygen atoms in total. The minimum absolute atomic E-state index is 0.141. The first-order chi connectivity index (χ1) is 12.7. The van der Waals surface area contributed by atoms with Gasteiger partial charge in [-0.1, -0.05) is 42.5 Å². The Bertz CT molecular complexity index is 704. The molecule has 26 heavy (non-hydrogen) atoms. The maximum Gasteiger partial charge on any atom is 0.407 e. The van der Waals surface area contributed by atoms with Crippen molar-refractivity contribution >= 4 is 12.0 Å². The summed E-state index contributed by atoms with van der Waals surface area (Å²) in [6.07, 6.45) is -0.313.